The fraction of sp³-hybridized carbons (Fsp3) is 0.0417. The maximum absolute atomic E-state index is 11.0. The van der Waals surface area contributed by atoms with Gasteiger partial charge in [0, 0.05) is 16.9 Å². The third-order valence-corrected chi connectivity index (χ3v) is 5.33. The lowest BCUT2D eigenvalue weighted by Crippen LogP contribution is -1.96. The van der Waals surface area contributed by atoms with Gasteiger partial charge in [0.2, 0.25) is 0 Å². The van der Waals surface area contributed by atoms with Crippen LogP contribution in [0, 0.1) is 0 Å². The van der Waals surface area contributed by atoms with E-state index in [4.69, 9.17) is 15.1 Å². The monoisotopic (exact) mass is 398 g/mol. The van der Waals surface area contributed by atoms with Crippen molar-refractivity contribution in [3.63, 3.8) is 0 Å². The first-order valence-corrected chi connectivity index (χ1v) is 10.1. The van der Waals surface area contributed by atoms with Crippen LogP contribution in [0.2, 0.25) is 0 Å². The van der Waals surface area contributed by atoms with Gasteiger partial charge in [-0.2, -0.15) is 0 Å². The van der Waals surface area contributed by atoms with E-state index in [-0.39, 0.29) is 5.56 Å². The smallest absolute Gasteiger partial charge is 0.335 e. The molecule has 0 atom stereocenters. The zero-order chi connectivity index (χ0) is 20.1. The lowest BCUT2D eigenvalue weighted by atomic mass is 10.1. The van der Waals surface area contributed by atoms with Crippen molar-refractivity contribution in [3.05, 3.63) is 102 Å². The molecule has 4 rings (SSSR count). The number of aromatic carboxylic acids is 1. The molecule has 0 unspecified atom stereocenters. The maximum Gasteiger partial charge on any atom is 0.335 e. The molecule has 3 aromatic carbocycles. The molecule has 0 aliphatic rings. The van der Waals surface area contributed by atoms with Gasteiger partial charge in [-0.1, -0.05) is 84.6 Å². The molecule has 0 fully saturated rings. The highest BCUT2D eigenvalue weighted by atomic mass is 32.2. The van der Waals surface area contributed by atoms with E-state index in [0.717, 1.165) is 28.1 Å². The third kappa shape index (κ3) is 4.70. The van der Waals surface area contributed by atoms with Gasteiger partial charge in [0.05, 0.1) is 17.0 Å². The summed E-state index contributed by atoms with van der Waals surface area (Å²) in [4.78, 5) is 20.5. The van der Waals surface area contributed by atoms with Gasteiger partial charge < -0.3 is 5.11 Å². The average Bonchev–Trinajstić information content (AvgIpc) is 2.79. The van der Waals surface area contributed by atoms with E-state index < -0.39 is 5.97 Å². The molecule has 0 saturated carbocycles. The fourth-order valence-electron chi connectivity index (χ4n) is 2.89. The Bertz CT molecular complexity index is 1060. The Balaban J connectivity index is 1.64. The molecule has 0 aliphatic carbocycles. The van der Waals surface area contributed by atoms with Crippen molar-refractivity contribution in [2.24, 2.45) is 0 Å². The predicted molar refractivity (Wildman–Crippen MR) is 116 cm³/mol. The fourth-order valence-corrected chi connectivity index (χ4v) is 3.71. The largest absolute Gasteiger partial charge is 0.478 e. The summed E-state index contributed by atoms with van der Waals surface area (Å²) in [7, 11) is 0. The number of nitrogens with zero attached hydrogens (tertiary/aromatic N) is 2. The van der Waals surface area contributed by atoms with Crippen molar-refractivity contribution in [1.29, 1.82) is 0 Å². The van der Waals surface area contributed by atoms with Crippen LogP contribution < -0.4 is 0 Å². The van der Waals surface area contributed by atoms with E-state index in [1.807, 2.05) is 78.9 Å². The maximum atomic E-state index is 11.0. The lowest BCUT2D eigenvalue weighted by Gasteiger charge is -2.09. The van der Waals surface area contributed by atoms with Crippen molar-refractivity contribution in [1.82, 2.24) is 9.97 Å². The number of hydrogen-bond donors (Lipinski definition) is 1. The van der Waals surface area contributed by atoms with Crippen LogP contribution in [0.5, 0.6) is 0 Å². The predicted octanol–water partition coefficient (Wildman–Crippen LogP) is 5.80. The van der Waals surface area contributed by atoms with Gasteiger partial charge in [0.1, 0.15) is 0 Å². The number of carbonyl (C=O) groups is 1. The zero-order valence-corrected chi connectivity index (χ0v) is 16.3. The molecule has 0 bridgehead atoms. The van der Waals surface area contributed by atoms with Crippen LogP contribution in [0.25, 0.3) is 22.5 Å². The molecule has 1 aromatic heterocycles. The van der Waals surface area contributed by atoms with Crippen molar-refractivity contribution >= 4 is 17.7 Å². The number of benzene rings is 3. The molecular weight excluding hydrogens is 380 g/mol. The van der Waals surface area contributed by atoms with Crippen LogP contribution in [0.4, 0.5) is 0 Å². The number of carboxylic acid groups (broad SMARTS) is 1. The molecule has 1 N–H and O–H groups in total. The van der Waals surface area contributed by atoms with Crippen LogP contribution in [-0.2, 0) is 5.75 Å². The summed E-state index contributed by atoms with van der Waals surface area (Å²) in [5, 5.41) is 9.72. The van der Waals surface area contributed by atoms with E-state index in [1.165, 1.54) is 11.8 Å². The molecule has 1 heterocycles. The summed E-state index contributed by atoms with van der Waals surface area (Å²) in [5.41, 5.74) is 5.15. The second-order valence-corrected chi connectivity index (χ2v) is 7.39. The van der Waals surface area contributed by atoms with Gasteiger partial charge in [-0.25, -0.2) is 14.8 Å². The first kappa shape index (κ1) is 18.9. The molecule has 0 radical (unpaired) electrons. The van der Waals surface area contributed by atoms with Crippen molar-refractivity contribution < 1.29 is 9.90 Å². The standard InChI is InChI=1S/C24H18N2O2S/c27-23(28)20-13-11-17(12-14-20)16-29-24-25-21(18-7-3-1-4-8-18)15-22(26-24)19-9-5-2-6-10-19/h1-15H,16H2,(H,27,28). The first-order chi connectivity index (χ1) is 14.2. The van der Waals surface area contributed by atoms with Gasteiger partial charge in [-0.05, 0) is 23.8 Å². The van der Waals surface area contributed by atoms with Crippen LogP contribution in [-0.4, -0.2) is 21.0 Å². The molecule has 29 heavy (non-hydrogen) atoms. The topological polar surface area (TPSA) is 63.1 Å². The SMILES string of the molecule is O=C(O)c1ccc(CSc2nc(-c3ccccc3)cc(-c3ccccc3)n2)cc1. The number of carboxylic acids is 1. The van der Waals surface area contributed by atoms with Crippen molar-refractivity contribution in [2.75, 3.05) is 0 Å². The minimum atomic E-state index is -0.921. The molecule has 5 heteroatoms. The van der Waals surface area contributed by atoms with Crippen molar-refractivity contribution in [3.8, 4) is 22.5 Å². The Hall–Kier alpha value is -3.44. The summed E-state index contributed by atoms with van der Waals surface area (Å²) < 4.78 is 0. The number of rotatable bonds is 6. The Morgan fingerprint density at radius 2 is 1.28 bits per heavy atom. The summed E-state index contributed by atoms with van der Waals surface area (Å²) in [6.45, 7) is 0. The van der Waals surface area contributed by atoms with Crippen LogP contribution >= 0.6 is 11.8 Å². The Kier molecular flexibility index (Phi) is 5.68. The second kappa shape index (κ2) is 8.71. The number of hydrogen-bond acceptors (Lipinski definition) is 4. The molecule has 0 amide bonds. The van der Waals surface area contributed by atoms with E-state index in [9.17, 15) is 4.79 Å². The van der Waals surface area contributed by atoms with Gasteiger partial charge in [0.15, 0.2) is 5.16 Å². The summed E-state index contributed by atoms with van der Waals surface area (Å²) in [6.07, 6.45) is 0. The minimum Gasteiger partial charge on any atom is -0.478 e. The Labute approximate surface area is 173 Å². The van der Waals surface area contributed by atoms with E-state index in [1.54, 1.807) is 12.1 Å². The van der Waals surface area contributed by atoms with Crippen LogP contribution in [0.1, 0.15) is 15.9 Å². The average molecular weight is 398 g/mol. The summed E-state index contributed by atoms with van der Waals surface area (Å²) in [6, 6.07) is 29.0. The molecule has 0 spiro atoms. The summed E-state index contributed by atoms with van der Waals surface area (Å²) in [5.74, 6) is -0.262. The molecule has 4 nitrogen and oxygen atoms in total. The highest BCUT2D eigenvalue weighted by molar-refractivity contribution is 7.98. The summed E-state index contributed by atoms with van der Waals surface area (Å²) >= 11 is 1.54. The Morgan fingerprint density at radius 1 is 0.759 bits per heavy atom. The normalized spacial score (nSPS) is 10.6. The Morgan fingerprint density at radius 3 is 1.76 bits per heavy atom. The molecule has 4 aromatic rings. The van der Waals surface area contributed by atoms with Gasteiger partial charge in [0.25, 0.3) is 0 Å². The van der Waals surface area contributed by atoms with Gasteiger partial charge >= 0.3 is 5.97 Å². The highest BCUT2D eigenvalue weighted by Crippen LogP contribution is 2.28. The van der Waals surface area contributed by atoms with Crippen molar-refractivity contribution in [2.45, 2.75) is 10.9 Å². The number of aromatic nitrogens is 2. The highest BCUT2D eigenvalue weighted by Gasteiger charge is 2.10. The van der Waals surface area contributed by atoms with Crippen LogP contribution in [0.15, 0.2) is 96.2 Å². The molecule has 142 valence electrons. The van der Waals surface area contributed by atoms with E-state index in [2.05, 4.69) is 0 Å². The zero-order valence-electron chi connectivity index (χ0n) is 15.5. The van der Waals surface area contributed by atoms with Crippen LogP contribution in [0.3, 0.4) is 0 Å². The molecule has 0 aliphatic heterocycles. The molecular formula is C24H18N2O2S. The second-order valence-electron chi connectivity index (χ2n) is 6.44. The third-order valence-electron chi connectivity index (χ3n) is 4.41. The lowest BCUT2D eigenvalue weighted by molar-refractivity contribution is 0.0697. The van der Waals surface area contributed by atoms with E-state index in [0.29, 0.717) is 10.9 Å². The molecule has 0 saturated heterocycles. The number of thioether (sulfide) groups is 1. The van der Waals surface area contributed by atoms with E-state index >= 15 is 0 Å². The van der Waals surface area contributed by atoms with Gasteiger partial charge in [-0.15, -0.1) is 0 Å². The quantitative estimate of drug-likeness (QED) is 0.328. The first-order valence-electron chi connectivity index (χ1n) is 9.14. The minimum absolute atomic E-state index is 0.285. The van der Waals surface area contributed by atoms with Gasteiger partial charge in [-0.3, -0.25) is 0 Å².